The smallest absolute Gasteiger partial charge is 0.223 e. The van der Waals surface area contributed by atoms with Gasteiger partial charge in [0.15, 0.2) is 0 Å². The highest BCUT2D eigenvalue weighted by Crippen LogP contribution is 2.40. The van der Waals surface area contributed by atoms with Crippen molar-refractivity contribution in [2.45, 2.75) is 121 Å². The highest BCUT2D eigenvalue weighted by molar-refractivity contribution is 5.77. The largest absolute Gasteiger partial charge is 0.342 e. The molecule has 2 aliphatic heterocycles. The van der Waals surface area contributed by atoms with Crippen LogP contribution in [0.3, 0.4) is 0 Å². The highest BCUT2D eigenvalue weighted by Gasteiger charge is 2.34. The van der Waals surface area contributed by atoms with Gasteiger partial charge in [0.25, 0.3) is 0 Å². The summed E-state index contributed by atoms with van der Waals surface area (Å²) in [6, 6.07) is 0. The molecule has 33 heavy (non-hydrogen) atoms. The zero-order valence-corrected chi connectivity index (χ0v) is 24.1. The van der Waals surface area contributed by atoms with E-state index in [9.17, 15) is 4.79 Å². The Kier molecular flexibility index (Phi) is 9.56. The van der Waals surface area contributed by atoms with Gasteiger partial charge in [-0.3, -0.25) is 4.79 Å². The SMILES string of the molecule is CC(C)(C)CCN1CCC(CC(C)(C)CCC(C)(C)CC(=O)N2CCC(CC(C)(C)C)C2)C1. The van der Waals surface area contributed by atoms with Crippen LogP contribution in [0, 0.1) is 33.5 Å². The van der Waals surface area contributed by atoms with Gasteiger partial charge in [-0.25, -0.2) is 0 Å². The first-order valence-electron chi connectivity index (χ1n) is 13.9. The lowest BCUT2D eigenvalue weighted by Crippen LogP contribution is -2.33. The lowest BCUT2D eigenvalue weighted by atomic mass is 9.73. The molecule has 0 aromatic carbocycles. The fourth-order valence-corrected chi connectivity index (χ4v) is 6.04. The first-order valence-corrected chi connectivity index (χ1v) is 13.9. The van der Waals surface area contributed by atoms with Gasteiger partial charge in [0, 0.05) is 26.1 Å². The standard InChI is InChI=1S/C30H58N2O/c1-27(2,3)15-18-31-16-11-25(22-31)20-29(7,8)13-14-30(9,10)21-26(33)32-17-12-24(23-32)19-28(4,5)6/h24-25H,11-23H2,1-10H3. The molecule has 3 heteroatoms. The van der Waals surface area contributed by atoms with Crippen LogP contribution in [0.2, 0.25) is 0 Å². The van der Waals surface area contributed by atoms with E-state index in [0.29, 0.717) is 34.5 Å². The van der Waals surface area contributed by atoms with Gasteiger partial charge in [0.1, 0.15) is 0 Å². The molecule has 2 unspecified atom stereocenters. The Morgan fingerprint density at radius 2 is 1.27 bits per heavy atom. The number of nitrogens with zero attached hydrogens (tertiary/aromatic N) is 2. The lowest BCUT2D eigenvalue weighted by Gasteiger charge is -2.33. The lowest BCUT2D eigenvalue weighted by molar-refractivity contribution is -0.132. The minimum absolute atomic E-state index is 0.0882. The van der Waals surface area contributed by atoms with Gasteiger partial charge < -0.3 is 9.80 Å². The first-order chi connectivity index (χ1) is 14.9. The van der Waals surface area contributed by atoms with Gasteiger partial charge in [0.2, 0.25) is 5.91 Å². The normalized spacial score (nSPS) is 23.5. The van der Waals surface area contributed by atoms with E-state index in [1.54, 1.807) is 0 Å². The Morgan fingerprint density at radius 1 is 0.697 bits per heavy atom. The van der Waals surface area contributed by atoms with Crippen molar-refractivity contribution in [1.29, 1.82) is 0 Å². The summed E-state index contributed by atoms with van der Waals surface area (Å²) < 4.78 is 0. The van der Waals surface area contributed by atoms with Crippen molar-refractivity contribution >= 4 is 5.91 Å². The van der Waals surface area contributed by atoms with Crippen molar-refractivity contribution < 1.29 is 4.79 Å². The predicted octanol–water partition coefficient (Wildman–Crippen LogP) is 7.64. The average Bonchev–Trinajstić information content (AvgIpc) is 3.25. The fourth-order valence-electron chi connectivity index (χ4n) is 6.04. The quantitative estimate of drug-likeness (QED) is 0.333. The number of likely N-dealkylation sites (tertiary alicyclic amines) is 2. The number of rotatable bonds is 10. The monoisotopic (exact) mass is 462 g/mol. The number of hydrogen-bond donors (Lipinski definition) is 0. The molecule has 2 rings (SSSR count). The average molecular weight is 463 g/mol. The van der Waals surface area contributed by atoms with Crippen LogP contribution in [0.15, 0.2) is 0 Å². The van der Waals surface area contributed by atoms with Crippen LogP contribution in [0.1, 0.15) is 121 Å². The van der Waals surface area contributed by atoms with Crippen molar-refractivity contribution in [3.05, 3.63) is 0 Å². The maximum Gasteiger partial charge on any atom is 0.223 e. The summed E-state index contributed by atoms with van der Waals surface area (Å²) >= 11 is 0. The van der Waals surface area contributed by atoms with Gasteiger partial charge in [-0.1, -0.05) is 69.2 Å². The van der Waals surface area contributed by atoms with Gasteiger partial charge >= 0.3 is 0 Å². The van der Waals surface area contributed by atoms with Crippen molar-refractivity contribution in [3.8, 4) is 0 Å². The summed E-state index contributed by atoms with van der Waals surface area (Å²) in [6.45, 7) is 29.3. The van der Waals surface area contributed by atoms with E-state index in [4.69, 9.17) is 0 Å². The minimum Gasteiger partial charge on any atom is -0.342 e. The Labute approximate surface area is 207 Å². The predicted molar refractivity (Wildman–Crippen MR) is 143 cm³/mol. The van der Waals surface area contributed by atoms with E-state index in [2.05, 4.69) is 79.0 Å². The van der Waals surface area contributed by atoms with Crippen molar-refractivity contribution in [1.82, 2.24) is 9.80 Å². The summed E-state index contributed by atoms with van der Waals surface area (Å²) in [5.41, 5.74) is 1.24. The molecule has 0 N–H and O–H groups in total. The van der Waals surface area contributed by atoms with Crippen molar-refractivity contribution in [2.75, 3.05) is 32.7 Å². The molecule has 0 aromatic heterocycles. The summed E-state index contributed by atoms with van der Waals surface area (Å²) in [4.78, 5) is 17.9. The molecule has 0 radical (unpaired) electrons. The van der Waals surface area contributed by atoms with E-state index < -0.39 is 0 Å². The van der Waals surface area contributed by atoms with E-state index in [1.165, 1.54) is 58.2 Å². The van der Waals surface area contributed by atoms with Gasteiger partial charge in [-0.05, 0) is 91.5 Å². The number of carbonyl (C=O) groups is 1. The second-order valence-electron chi connectivity index (χ2n) is 15.7. The zero-order chi connectivity index (χ0) is 25.1. The highest BCUT2D eigenvalue weighted by atomic mass is 16.2. The topological polar surface area (TPSA) is 23.6 Å². The molecule has 0 saturated carbocycles. The summed E-state index contributed by atoms with van der Waals surface area (Å²) in [5.74, 6) is 1.92. The van der Waals surface area contributed by atoms with E-state index >= 15 is 0 Å². The summed E-state index contributed by atoms with van der Waals surface area (Å²) in [5, 5.41) is 0. The molecule has 3 nitrogen and oxygen atoms in total. The van der Waals surface area contributed by atoms with Crippen LogP contribution in [0.4, 0.5) is 0 Å². The molecule has 2 heterocycles. The molecule has 2 atom stereocenters. The van der Waals surface area contributed by atoms with Crippen LogP contribution in [-0.2, 0) is 4.79 Å². The number of hydrogen-bond acceptors (Lipinski definition) is 2. The van der Waals surface area contributed by atoms with Gasteiger partial charge in [-0.15, -0.1) is 0 Å². The molecule has 2 saturated heterocycles. The molecule has 1 amide bonds. The number of amides is 1. The maximum absolute atomic E-state index is 13.1. The van der Waals surface area contributed by atoms with Crippen LogP contribution in [0.5, 0.6) is 0 Å². The van der Waals surface area contributed by atoms with Crippen molar-refractivity contribution in [3.63, 3.8) is 0 Å². The Balaban J connectivity index is 1.74. The minimum atomic E-state index is 0.0882. The third kappa shape index (κ3) is 11.1. The maximum atomic E-state index is 13.1. The fraction of sp³-hybridized carbons (Fsp3) is 0.967. The van der Waals surface area contributed by atoms with Gasteiger partial charge in [-0.2, -0.15) is 0 Å². The van der Waals surface area contributed by atoms with Crippen LogP contribution in [-0.4, -0.2) is 48.4 Å². The molecular formula is C30H58N2O. The third-order valence-corrected chi connectivity index (χ3v) is 8.04. The molecule has 194 valence electrons. The summed E-state index contributed by atoms with van der Waals surface area (Å²) in [7, 11) is 0. The van der Waals surface area contributed by atoms with E-state index in [1.807, 2.05) is 0 Å². The zero-order valence-electron chi connectivity index (χ0n) is 24.1. The molecule has 2 aliphatic rings. The number of carbonyl (C=O) groups excluding carboxylic acids is 1. The van der Waals surface area contributed by atoms with E-state index in [0.717, 1.165) is 25.4 Å². The Bertz CT molecular complexity index is 622. The van der Waals surface area contributed by atoms with Crippen LogP contribution < -0.4 is 0 Å². The van der Waals surface area contributed by atoms with Crippen LogP contribution in [0.25, 0.3) is 0 Å². The Morgan fingerprint density at radius 3 is 1.88 bits per heavy atom. The molecule has 0 spiro atoms. The first kappa shape index (κ1) is 28.7. The van der Waals surface area contributed by atoms with E-state index in [-0.39, 0.29) is 5.41 Å². The van der Waals surface area contributed by atoms with Gasteiger partial charge in [0.05, 0.1) is 0 Å². The second kappa shape index (κ2) is 11.0. The Hall–Kier alpha value is -0.570. The summed E-state index contributed by atoms with van der Waals surface area (Å²) in [6.07, 6.45) is 9.45. The molecule has 2 fully saturated rings. The molecule has 0 bridgehead atoms. The molecule has 0 aromatic rings. The second-order valence-corrected chi connectivity index (χ2v) is 15.7. The van der Waals surface area contributed by atoms with Crippen LogP contribution >= 0.6 is 0 Å². The molecular weight excluding hydrogens is 404 g/mol. The third-order valence-electron chi connectivity index (χ3n) is 8.04. The molecule has 0 aliphatic carbocycles. The van der Waals surface area contributed by atoms with Crippen molar-refractivity contribution in [2.24, 2.45) is 33.5 Å².